The van der Waals surface area contributed by atoms with Crippen LogP contribution in [0.2, 0.25) is 0 Å². The zero-order chi connectivity index (χ0) is 13.3. The molecule has 1 aromatic carbocycles. The monoisotopic (exact) mass is 311 g/mol. The van der Waals surface area contributed by atoms with E-state index in [9.17, 15) is 4.79 Å². The Morgan fingerprint density at radius 3 is 2.78 bits per heavy atom. The summed E-state index contributed by atoms with van der Waals surface area (Å²) >= 11 is 3.47. The van der Waals surface area contributed by atoms with Gasteiger partial charge in [-0.1, -0.05) is 34.1 Å². The van der Waals surface area contributed by atoms with Crippen molar-refractivity contribution >= 4 is 27.7 Å². The largest absolute Gasteiger partial charge is 0.443 e. The number of carbonyl (C=O) groups is 1. The smallest absolute Gasteiger partial charge is 0.414 e. The molecule has 0 aromatic heterocycles. The van der Waals surface area contributed by atoms with Gasteiger partial charge in [-0.25, -0.2) is 4.79 Å². The van der Waals surface area contributed by atoms with Crippen molar-refractivity contribution in [2.75, 3.05) is 11.4 Å². The number of benzene rings is 1. The van der Waals surface area contributed by atoms with E-state index in [0.29, 0.717) is 6.54 Å². The van der Waals surface area contributed by atoms with Crippen LogP contribution in [0, 0.1) is 0 Å². The van der Waals surface area contributed by atoms with E-state index >= 15 is 0 Å². The number of amides is 1. The molecule has 0 atom stereocenters. The van der Waals surface area contributed by atoms with Crippen molar-refractivity contribution in [2.45, 2.75) is 38.1 Å². The molecule has 0 N–H and O–H groups in total. The molecule has 0 bridgehead atoms. The van der Waals surface area contributed by atoms with E-state index in [1.54, 1.807) is 4.90 Å². The van der Waals surface area contributed by atoms with Gasteiger partial charge in [0.2, 0.25) is 0 Å². The molecule has 1 aliphatic heterocycles. The van der Waals surface area contributed by atoms with Gasteiger partial charge in [0.25, 0.3) is 0 Å². The normalized spacial score (nSPS) is 14.6. The Balaban J connectivity index is 2.28. The number of fused-ring (bicyclic) bond motifs is 1. The van der Waals surface area contributed by atoms with Crippen molar-refractivity contribution in [3.63, 3.8) is 0 Å². The molecule has 1 aliphatic rings. The Hall–Kier alpha value is -1.03. The highest BCUT2D eigenvalue weighted by atomic mass is 79.9. The fourth-order valence-corrected chi connectivity index (χ4v) is 2.60. The second-order valence-electron chi connectivity index (χ2n) is 5.44. The second-order valence-corrected chi connectivity index (χ2v) is 6.00. The molecular formula is C14H18BrNO2. The minimum Gasteiger partial charge on any atom is -0.443 e. The van der Waals surface area contributed by atoms with Gasteiger partial charge in [-0.05, 0) is 38.3 Å². The van der Waals surface area contributed by atoms with Crippen LogP contribution in [0.4, 0.5) is 10.5 Å². The quantitative estimate of drug-likeness (QED) is 0.737. The van der Waals surface area contributed by atoms with Crippen molar-refractivity contribution in [1.29, 1.82) is 0 Å². The Bertz CT molecular complexity index is 465. The number of alkyl halides is 1. The molecular weight excluding hydrogens is 294 g/mol. The summed E-state index contributed by atoms with van der Waals surface area (Å²) in [5.74, 6) is 0. The lowest BCUT2D eigenvalue weighted by Gasteiger charge is -2.25. The van der Waals surface area contributed by atoms with E-state index in [2.05, 4.69) is 22.0 Å². The van der Waals surface area contributed by atoms with Crippen molar-refractivity contribution < 1.29 is 9.53 Å². The number of hydrogen-bond acceptors (Lipinski definition) is 2. The molecule has 1 aromatic rings. The number of para-hydroxylation sites is 1. The highest BCUT2D eigenvalue weighted by molar-refractivity contribution is 9.08. The number of hydrogen-bond donors (Lipinski definition) is 0. The molecule has 0 fully saturated rings. The Morgan fingerprint density at radius 1 is 1.44 bits per heavy atom. The van der Waals surface area contributed by atoms with E-state index in [0.717, 1.165) is 23.0 Å². The van der Waals surface area contributed by atoms with E-state index < -0.39 is 5.60 Å². The molecule has 0 aliphatic carbocycles. The van der Waals surface area contributed by atoms with Crippen LogP contribution in [0.25, 0.3) is 0 Å². The minimum absolute atomic E-state index is 0.255. The van der Waals surface area contributed by atoms with Crippen molar-refractivity contribution in [3.8, 4) is 0 Å². The predicted octanol–water partition coefficient (Wildman–Crippen LogP) is 3.88. The average Bonchev–Trinajstić information content (AvgIpc) is 2.70. The minimum atomic E-state index is -0.455. The van der Waals surface area contributed by atoms with Gasteiger partial charge in [0.05, 0.1) is 5.69 Å². The zero-order valence-corrected chi connectivity index (χ0v) is 12.6. The maximum atomic E-state index is 12.2. The van der Waals surface area contributed by atoms with E-state index in [4.69, 9.17) is 4.74 Å². The van der Waals surface area contributed by atoms with Crippen LogP contribution < -0.4 is 4.90 Å². The fraction of sp³-hybridized carbons (Fsp3) is 0.500. The van der Waals surface area contributed by atoms with E-state index in [1.165, 1.54) is 5.56 Å². The zero-order valence-electron chi connectivity index (χ0n) is 11.0. The first-order valence-corrected chi connectivity index (χ1v) is 7.22. The maximum Gasteiger partial charge on any atom is 0.414 e. The maximum absolute atomic E-state index is 12.2. The number of rotatable bonds is 1. The average molecular weight is 312 g/mol. The Labute approximate surface area is 116 Å². The summed E-state index contributed by atoms with van der Waals surface area (Å²) in [6.07, 6.45) is 0.643. The SMILES string of the molecule is CC(C)(C)OC(=O)N1CCc2cccc(CBr)c21. The van der Waals surface area contributed by atoms with Crippen LogP contribution in [0.15, 0.2) is 18.2 Å². The highest BCUT2D eigenvalue weighted by Gasteiger charge is 2.30. The molecule has 2 rings (SSSR count). The number of nitrogens with zero attached hydrogens (tertiary/aromatic N) is 1. The van der Waals surface area contributed by atoms with Crippen molar-refractivity contribution in [3.05, 3.63) is 29.3 Å². The van der Waals surface area contributed by atoms with Gasteiger partial charge in [0.15, 0.2) is 0 Å². The number of carbonyl (C=O) groups excluding carboxylic acids is 1. The number of anilines is 1. The number of ether oxygens (including phenoxy) is 1. The molecule has 0 saturated heterocycles. The third-order valence-corrected chi connectivity index (χ3v) is 3.44. The first kappa shape index (κ1) is 13.4. The summed E-state index contributed by atoms with van der Waals surface area (Å²) in [5.41, 5.74) is 2.92. The fourth-order valence-electron chi connectivity index (χ4n) is 2.14. The van der Waals surface area contributed by atoms with Gasteiger partial charge < -0.3 is 4.74 Å². The molecule has 4 heteroatoms. The summed E-state index contributed by atoms with van der Waals surface area (Å²) in [6, 6.07) is 6.15. The lowest BCUT2D eigenvalue weighted by molar-refractivity contribution is 0.0584. The van der Waals surface area contributed by atoms with Crippen LogP contribution in [0.3, 0.4) is 0 Å². The van der Waals surface area contributed by atoms with Gasteiger partial charge in [-0.2, -0.15) is 0 Å². The van der Waals surface area contributed by atoms with Crippen LogP contribution in [0.5, 0.6) is 0 Å². The molecule has 0 spiro atoms. The van der Waals surface area contributed by atoms with Crippen molar-refractivity contribution in [1.82, 2.24) is 0 Å². The number of halogens is 1. The van der Waals surface area contributed by atoms with E-state index in [-0.39, 0.29) is 6.09 Å². The topological polar surface area (TPSA) is 29.5 Å². The summed E-state index contributed by atoms with van der Waals surface area (Å²) in [6.45, 7) is 6.36. The molecule has 0 unspecified atom stereocenters. The summed E-state index contributed by atoms with van der Waals surface area (Å²) < 4.78 is 5.45. The molecule has 3 nitrogen and oxygen atoms in total. The van der Waals surface area contributed by atoms with Crippen LogP contribution in [-0.4, -0.2) is 18.2 Å². The highest BCUT2D eigenvalue weighted by Crippen LogP contribution is 2.34. The lowest BCUT2D eigenvalue weighted by Crippen LogP contribution is -2.36. The molecule has 1 heterocycles. The lowest BCUT2D eigenvalue weighted by atomic mass is 10.1. The molecule has 18 heavy (non-hydrogen) atoms. The molecule has 98 valence electrons. The van der Waals surface area contributed by atoms with E-state index in [1.807, 2.05) is 32.9 Å². The predicted molar refractivity (Wildman–Crippen MR) is 76.4 cm³/mol. The van der Waals surface area contributed by atoms with Crippen LogP contribution in [0.1, 0.15) is 31.9 Å². The molecule has 0 saturated carbocycles. The van der Waals surface area contributed by atoms with Crippen LogP contribution >= 0.6 is 15.9 Å². The third-order valence-electron chi connectivity index (χ3n) is 2.84. The summed E-state index contributed by atoms with van der Waals surface area (Å²) in [4.78, 5) is 13.9. The Morgan fingerprint density at radius 2 is 2.17 bits per heavy atom. The van der Waals surface area contributed by atoms with Crippen molar-refractivity contribution in [2.24, 2.45) is 0 Å². The molecule has 0 radical (unpaired) electrons. The first-order valence-electron chi connectivity index (χ1n) is 6.09. The third kappa shape index (κ3) is 2.69. The van der Waals surface area contributed by atoms with Gasteiger partial charge in [0.1, 0.15) is 5.60 Å². The van der Waals surface area contributed by atoms with Gasteiger partial charge in [-0.3, -0.25) is 4.90 Å². The van der Waals surface area contributed by atoms with Gasteiger partial charge >= 0.3 is 6.09 Å². The Kier molecular flexibility index (Phi) is 3.66. The van der Waals surface area contributed by atoms with Crippen LogP contribution in [-0.2, 0) is 16.5 Å². The van der Waals surface area contributed by atoms with Gasteiger partial charge in [0, 0.05) is 11.9 Å². The summed E-state index contributed by atoms with van der Waals surface area (Å²) in [5, 5.41) is 0.746. The first-order chi connectivity index (χ1) is 8.42. The summed E-state index contributed by atoms with van der Waals surface area (Å²) in [7, 11) is 0. The second kappa shape index (κ2) is 4.92. The molecule has 1 amide bonds. The van der Waals surface area contributed by atoms with Gasteiger partial charge in [-0.15, -0.1) is 0 Å². The standard InChI is InChI=1S/C14H18BrNO2/c1-14(2,3)18-13(17)16-8-7-10-5-4-6-11(9-15)12(10)16/h4-6H,7-9H2,1-3H3.